The van der Waals surface area contributed by atoms with Gasteiger partial charge in [0.1, 0.15) is 11.6 Å². The van der Waals surface area contributed by atoms with Crippen molar-refractivity contribution in [3.8, 4) is 5.75 Å². The summed E-state index contributed by atoms with van der Waals surface area (Å²) in [7, 11) is 0. The molecule has 5 nitrogen and oxygen atoms in total. The van der Waals surface area contributed by atoms with E-state index in [9.17, 15) is 14.0 Å². The van der Waals surface area contributed by atoms with Gasteiger partial charge >= 0.3 is 0 Å². The zero-order chi connectivity index (χ0) is 12.8. The molecule has 0 aliphatic carbocycles. The summed E-state index contributed by atoms with van der Waals surface area (Å²) in [5, 5.41) is 0. The zero-order valence-corrected chi connectivity index (χ0v) is 9.49. The number of ether oxygens (including phenoxy) is 1. The van der Waals surface area contributed by atoms with E-state index in [1.54, 1.807) is 0 Å². The van der Waals surface area contributed by atoms with E-state index in [0.717, 1.165) is 0 Å². The number of halogens is 1. The first-order chi connectivity index (χ1) is 7.99. The molecular formula is C11H13FN2O3. The van der Waals surface area contributed by atoms with Gasteiger partial charge in [-0.15, -0.1) is 0 Å². The Kier molecular flexibility index (Phi) is 4.45. The topological polar surface area (TPSA) is 67.4 Å². The molecule has 92 valence electrons. The standard InChI is InChI=1S/C11H13FN2O3/c1-7(11(16)14-13-8(2)15)17-10-5-3-9(12)4-6-10/h3-7H,1-2H3,(H,13,15)(H,14,16). The van der Waals surface area contributed by atoms with Crippen LogP contribution >= 0.6 is 0 Å². The van der Waals surface area contributed by atoms with E-state index in [2.05, 4.69) is 10.9 Å². The molecular weight excluding hydrogens is 227 g/mol. The van der Waals surface area contributed by atoms with Crippen LogP contribution in [0.1, 0.15) is 13.8 Å². The summed E-state index contributed by atoms with van der Waals surface area (Å²) in [4.78, 5) is 22.0. The lowest BCUT2D eigenvalue weighted by Gasteiger charge is -2.14. The summed E-state index contributed by atoms with van der Waals surface area (Å²) in [6.07, 6.45) is -0.799. The number of amides is 2. The van der Waals surface area contributed by atoms with Gasteiger partial charge in [0.25, 0.3) is 5.91 Å². The highest BCUT2D eigenvalue weighted by molar-refractivity contribution is 5.83. The van der Waals surface area contributed by atoms with Crippen molar-refractivity contribution in [2.24, 2.45) is 0 Å². The monoisotopic (exact) mass is 240 g/mol. The first-order valence-corrected chi connectivity index (χ1v) is 4.97. The van der Waals surface area contributed by atoms with E-state index in [4.69, 9.17) is 4.74 Å². The second-order valence-corrected chi connectivity index (χ2v) is 3.38. The molecule has 0 saturated heterocycles. The average molecular weight is 240 g/mol. The molecule has 0 radical (unpaired) electrons. The van der Waals surface area contributed by atoms with Gasteiger partial charge in [-0.3, -0.25) is 20.4 Å². The van der Waals surface area contributed by atoms with Crippen LogP contribution in [0.2, 0.25) is 0 Å². The van der Waals surface area contributed by atoms with Gasteiger partial charge < -0.3 is 4.74 Å². The Bertz CT molecular complexity index is 406. The maximum atomic E-state index is 12.6. The lowest BCUT2D eigenvalue weighted by atomic mass is 10.3. The summed E-state index contributed by atoms with van der Waals surface area (Å²) in [6.45, 7) is 2.78. The Labute approximate surface area is 97.9 Å². The number of rotatable bonds is 3. The van der Waals surface area contributed by atoms with Crippen molar-refractivity contribution in [1.82, 2.24) is 10.9 Å². The molecule has 6 heteroatoms. The van der Waals surface area contributed by atoms with Crippen molar-refractivity contribution in [2.75, 3.05) is 0 Å². The van der Waals surface area contributed by atoms with Crippen molar-refractivity contribution in [2.45, 2.75) is 20.0 Å². The normalized spacial score (nSPS) is 11.5. The summed E-state index contributed by atoms with van der Waals surface area (Å²) < 4.78 is 17.8. The van der Waals surface area contributed by atoms with Gasteiger partial charge in [-0.25, -0.2) is 4.39 Å². The quantitative estimate of drug-likeness (QED) is 0.766. The smallest absolute Gasteiger partial charge is 0.279 e. The van der Waals surface area contributed by atoms with Crippen LogP contribution in [0.15, 0.2) is 24.3 Å². The number of benzene rings is 1. The Morgan fingerprint density at radius 2 is 1.82 bits per heavy atom. The molecule has 0 fully saturated rings. The SMILES string of the molecule is CC(=O)NNC(=O)C(C)Oc1ccc(F)cc1. The summed E-state index contributed by atoms with van der Waals surface area (Å²) in [6, 6.07) is 5.29. The maximum Gasteiger partial charge on any atom is 0.279 e. The molecule has 1 aromatic carbocycles. The summed E-state index contributed by atoms with van der Waals surface area (Å²) in [5.74, 6) is -0.888. The molecule has 0 aromatic heterocycles. The van der Waals surface area contributed by atoms with Gasteiger partial charge in [-0.2, -0.15) is 0 Å². The lowest BCUT2D eigenvalue weighted by molar-refractivity contribution is -0.132. The lowest BCUT2D eigenvalue weighted by Crippen LogP contribution is -2.46. The van der Waals surface area contributed by atoms with E-state index in [1.165, 1.54) is 38.1 Å². The molecule has 2 N–H and O–H groups in total. The van der Waals surface area contributed by atoms with E-state index in [0.29, 0.717) is 5.75 Å². The molecule has 0 aliphatic rings. The van der Waals surface area contributed by atoms with Crippen LogP contribution in [0.4, 0.5) is 4.39 Å². The zero-order valence-electron chi connectivity index (χ0n) is 9.49. The van der Waals surface area contributed by atoms with Crippen LogP contribution in [0.25, 0.3) is 0 Å². The van der Waals surface area contributed by atoms with Crippen LogP contribution < -0.4 is 15.6 Å². The first-order valence-electron chi connectivity index (χ1n) is 4.97. The number of hydrazine groups is 1. The van der Waals surface area contributed by atoms with Crippen molar-refractivity contribution in [3.05, 3.63) is 30.1 Å². The number of carbonyl (C=O) groups is 2. The second kappa shape index (κ2) is 5.83. The third kappa shape index (κ3) is 4.50. The summed E-state index contributed by atoms with van der Waals surface area (Å²) in [5.41, 5.74) is 4.32. The molecule has 0 aliphatic heterocycles. The Morgan fingerprint density at radius 3 is 2.35 bits per heavy atom. The summed E-state index contributed by atoms with van der Waals surface area (Å²) >= 11 is 0. The van der Waals surface area contributed by atoms with Crippen LogP contribution in [-0.4, -0.2) is 17.9 Å². The fourth-order valence-electron chi connectivity index (χ4n) is 1.02. The molecule has 0 spiro atoms. The van der Waals surface area contributed by atoms with Gasteiger partial charge in [0.2, 0.25) is 5.91 Å². The van der Waals surface area contributed by atoms with Crippen molar-refractivity contribution in [3.63, 3.8) is 0 Å². The van der Waals surface area contributed by atoms with Gasteiger partial charge in [-0.1, -0.05) is 0 Å². The third-order valence-electron chi connectivity index (χ3n) is 1.86. The fraction of sp³-hybridized carbons (Fsp3) is 0.273. The predicted octanol–water partition coefficient (Wildman–Crippen LogP) is 0.760. The van der Waals surface area contributed by atoms with Crippen LogP contribution in [0.3, 0.4) is 0 Å². The number of nitrogens with one attached hydrogen (secondary N) is 2. The highest BCUT2D eigenvalue weighted by atomic mass is 19.1. The van der Waals surface area contributed by atoms with E-state index in [1.807, 2.05) is 0 Å². The Hall–Kier alpha value is -2.11. The highest BCUT2D eigenvalue weighted by Gasteiger charge is 2.14. The van der Waals surface area contributed by atoms with Gasteiger partial charge in [0.05, 0.1) is 0 Å². The molecule has 1 rings (SSSR count). The van der Waals surface area contributed by atoms with Gasteiger partial charge in [0, 0.05) is 6.92 Å². The molecule has 1 unspecified atom stereocenters. The second-order valence-electron chi connectivity index (χ2n) is 3.38. The largest absolute Gasteiger partial charge is 0.481 e. The average Bonchev–Trinajstić information content (AvgIpc) is 2.28. The van der Waals surface area contributed by atoms with E-state index in [-0.39, 0.29) is 11.7 Å². The molecule has 17 heavy (non-hydrogen) atoms. The molecule has 2 amide bonds. The minimum atomic E-state index is -0.799. The third-order valence-corrected chi connectivity index (χ3v) is 1.86. The van der Waals surface area contributed by atoms with Crippen molar-refractivity contribution in [1.29, 1.82) is 0 Å². The minimum absolute atomic E-state index is 0.372. The van der Waals surface area contributed by atoms with Crippen molar-refractivity contribution < 1.29 is 18.7 Å². The van der Waals surface area contributed by atoms with Gasteiger partial charge in [0.15, 0.2) is 6.10 Å². The fourth-order valence-corrected chi connectivity index (χ4v) is 1.02. The van der Waals surface area contributed by atoms with Crippen molar-refractivity contribution >= 4 is 11.8 Å². The van der Waals surface area contributed by atoms with Crippen LogP contribution in [-0.2, 0) is 9.59 Å². The molecule has 0 saturated carbocycles. The number of hydrogen-bond acceptors (Lipinski definition) is 3. The van der Waals surface area contributed by atoms with E-state index < -0.39 is 12.0 Å². The maximum absolute atomic E-state index is 12.6. The molecule has 0 bridgehead atoms. The Morgan fingerprint density at radius 1 is 1.24 bits per heavy atom. The van der Waals surface area contributed by atoms with E-state index >= 15 is 0 Å². The predicted molar refractivity (Wildman–Crippen MR) is 58.4 cm³/mol. The van der Waals surface area contributed by atoms with Gasteiger partial charge in [-0.05, 0) is 31.2 Å². The minimum Gasteiger partial charge on any atom is -0.481 e. The van der Waals surface area contributed by atoms with Crippen LogP contribution in [0.5, 0.6) is 5.75 Å². The molecule has 1 atom stereocenters. The first kappa shape index (κ1) is 13.0. The number of hydrogen-bond donors (Lipinski definition) is 2. The number of carbonyl (C=O) groups excluding carboxylic acids is 2. The van der Waals surface area contributed by atoms with Crippen LogP contribution in [0, 0.1) is 5.82 Å². The highest BCUT2D eigenvalue weighted by Crippen LogP contribution is 2.12. The molecule has 0 heterocycles. The Balaban J connectivity index is 2.48. The molecule has 1 aromatic rings.